The van der Waals surface area contributed by atoms with Gasteiger partial charge >= 0.3 is 6.18 Å². The molecule has 0 aromatic heterocycles. The zero-order valence-electron chi connectivity index (χ0n) is 8.38. The summed E-state index contributed by atoms with van der Waals surface area (Å²) in [6, 6.07) is 5.56. The number of nitrogens with zero attached hydrogens (tertiary/aromatic N) is 1. The third-order valence-corrected chi connectivity index (χ3v) is 1.92. The number of ether oxygens (including phenoxy) is 1. The number of anilines is 1. The van der Waals surface area contributed by atoms with Gasteiger partial charge in [0.15, 0.2) is 6.10 Å². The first-order valence-electron chi connectivity index (χ1n) is 4.37. The summed E-state index contributed by atoms with van der Waals surface area (Å²) in [6.45, 7) is 0.891. The molecule has 0 fully saturated rings. The number of nitrogens with two attached hydrogens (primary N) is 1. The number of benzene rings is 1. The number of hydrogen-bond acceptors (Lipinski definition) is 3. The normalized spacial score (nSPS) is 12.9. The van der Waals surface area contributed by atoms with Crippen molar-refractivity contribution >= 4 is 5.69 Å². The van der Waals surface area contributed by atoms with Crippen molar-refractivity contribution in [2.75, 3.05) is 5.73 Å². The number of rotatable bonds is 2. The minimum Gasteiger partial charge on any atom is -0.481 e. The molecule has 1 aromatic rings. The highest BCUT2D eigenvalue weighted by Crippen LogP contribution is 2.26. The molecule has 1 rings (SSSR count). The second kappa shape index (κ2) is 4.31. The van der Waals surface area contributed by atoms with E-state index in [9.17, 15) is 13.2 Å². The molecule has 0 aliphatic heterocycles. The Morgan fingerprint density at radius 1 is 1.44 bits per heavy atom. The number of alkyl halides is 3. The minimum absolute atomic E-state index is 0.0319. The molecule has 6 heteroatoms. The molecule has 0 radical (unpaired) electrons. The van der Waals surface area contributed by atoms with Gasteiger partial charge in [0, 0.05) is 11.8 Å². The van der Waals surface area contributed by atoms with Gasteiger partial charge in [-0.1, -0.05) is 0 Å². The van der Waals surface area contributed by atoms with E-state index in [2.05, 4.69) is 4.74 Å². The van der Waals surface area contributed by atoms with Crippen LogP contribution in [-0.4, -0.2) is 12.3 Å². The van der Waals surface area contributed by atoms with E-state index in [1.807, 2.05) is 0 Å². The van der Waals surface area contributed by atoms with Crippen molar-refractivity contribution < 1.29 is 17.9 Å². The molecule has 0 saturated carbocycles. The molecule has 0 heterocycles. The molecule has 1 unspecified atom stereocenters. The molecule has 0 saturated heterocycles. The highest BCUT2D eigenvalue weighted by atomic mass is 19.4. The van der Waals surface area contributed by atoms with Gasteiger partial charge in [-0.05, 0) is 19.1 Å². The summed E-state index contributed by atoms with van der Waals surface area (Å²) in [4.78, 5) is 0. The van der Waals surface area contributed by atoms with Crippen LogP contribution < -0.4 is 10.5 Å². The molecule has 0 bridgehead atoms. The highest BCUT2D eigenvalue weighted by Gasteiger charge is 2.38. The summed E-state index contributed by atoms with van der Waals surface area (Å²) in [5.74, 6) is -0.0319. The van der Waals surface area contributed by atoms with Crippen LogP contribution in [0.3, 0.4) is 0 Å². The Labute approximate surface area is 90.2 Å². The highest BCUT2D eigenvalue weighted by molar-refractivity contribution is 5.56. The van der Waals surface area contributed by atoms with Crippen molar-refractivity contribution in [3.05, 3.63) is 23.8 Å². The van der Waals surface area contributed by atoms with E-state index in [0.717, 1.165) is 6.92 Å². The number of nitrogen functional groups attached to an aromatic ring is 1. The van der Waals surface area contributed by atoms with Gasteiger partial charge in [0.25, 0.3) is 0 Å². The maximum Gasteiger partial charge on any atom is 0.425 e. The summed E-state index contributed by atoms with van der Waals surface area (Å²) in [6.07, 6.45) is -6.36. The number of nitriles is 1. The van der Waals surface area contributed by atoms with Crippen molar-refractivity contribution in [1.82, 2.24) is 0 Å². The fourth-order valence-corrected chi connectivity index (χ4v) is 0.976. The second-order valence-corrected chi connectivity index (χ2v) is 3.16. The lowest BCUT2D eigenvalue weighted by molar-refractivity contribution is -0.189. The summed E-state index contributed by atoms with van der Waals surface area (Å²) in [7, 11) is 0. The van der Waals surface area contributed by atoms with E-state index in [1.165, 1.54) is 18.2 Å². The maximum absolute atomic E-state index is 12.2. The van der Waals surface area contributed by atoms with E-state index in [1.54, 1.807) is 6.07 Å². The molecular weight excluding hydrogens is 221 g/mol. The largest absolute Gasteiger partial charge is 0.481 e. The molecule has 1 atom stereocenters. The molecule has 2 N–H and O–H groups in total. The Balaban J connectivity index is 2.88. The van der Waals surface area contributed by atoms with E-state index in [0.29, 0.717) is 0 Å². The van der Waals surface area contributed by atoms with Crippen LogP contribution in [0.1, 0.15) is 12.5 Å². The van der Waals surface area contributed by atoms with Gasteiger partial charge in [-0.3, -0.25) is 0 Å². The zero-order valence-corrected chi connectivity index (χ0v) is 8.38. The summed E-state index contributed by atoms with van der Waals surface area (Å²) in [5, 5.41) is 8.63. The van der Waals surface area contributed by atoms with Crippen molar-refractivity contribution in [1.29, 1.82) is 5.26 Å². The van der Waals surface area contributed by atoms with Crippen LogP contribution in [0.15, 0.2) is 18.2 Å². The van der Waals surface area contributed by atoms with Crippen molar-refractivity contribution in [3.8, 4) is 11.8 Å². The Morgan fingerprint density at radius 2 is 2.06 bits per heavy atom. The average molecular weight is 230 g/mol. The van der Waals surface area contributed by atoms with E-state index in [4.69, 9.17) is 11.0 Å². The molecule has 0 aliphatic carbocycles. The standard InChI is InChI=1S/C10H9F3N2O/c1-6(10(11,12)13)16-8-2-3-9(15)7(4-8)5-14/h2-4,6H,15H2,1H3. The lowest BCUT2D eigenvalue weighted by Gasteiger charge is -2.17. The van der Waals surface area contributed by atoms with Crippen molar-refractivity contribution in [2.45, 2.75) is 19.2 Å². The lowest BCUT2D eigenvalue weighted by atomic mass is 10.2. The van der Waals surface area contributed by atoms with Crippen LogP contribution in [0.25, 0.3) is 0 Å². The Morgan fingerprint density at radius 3 is 2.56 bits per heavy atom. The van der Waals surface area contributed by atoms with Crippen LogP contribution in [0.2, 0.25) is 0 Å². The van der Waals surface area contributed by atoms with Crippen LogP contribution in [0, 0.1) is 11.3 Å². The smallest absolute Gasteiger partial charge is 0.425 e. The molecule has 3 nitrogen and oxygen atoms in total. The summed E-state index contributed by atoms with van der Waals surface area (Å²) >= 11 is 0. The van der Waals surface area contributed by atoms with Gasteiger partial charge < -0.3 is 10.5 Å². The van der Waals surface area contributed by atoms with E-state index in [-0.39, 0.29) is 17.0 Å². The van der Waals surface area contributed by atoms with Crippen molar-refractivity contribution in [2.24, 2.45) is 0 Å². The molecule has 0 spiro atoms. The summed E-state index contributed by atoms with van der Waals surface area (Å²) in [5.41, 5.74) is 5.71. The fourth-order valence-electron chi connectivity index (χ4n) is 0.976. The maximum atomic E-state index is 12.2. The average Bonchev–Trinajstić information content (AvgIpc) is 2.19. The second-order valence-electron chi connectivity index (χ2n) is 3.16. The quantitative estimate of drug-likeness (QED) is 0.794. The first kappa shape index (κ1) is 12.2. The molecule has 1 aromatic carbocycles. The van der Waals surface area contributed by atoms with E-state index < -0.39 is 12.3 Å². The van der Waals surface area contributed by atoms with Crippen LogP contribution in [-0.2, 0) is 0 Å². The topological polar surface area (TPSA) is 59.0 Å². The predicted molar refractivity (Wildman–Crippen MR) is 51.7 cm³/mol. The number of hydrogen-bond donors (Lipinski definition) is 1. The minimum atomic E-state index is -4.44. The van der Waals surface area contributed by atoms with E-state index >= 15 is 0 Å². The number of halogens is 3. The molecule has 86 valence electrons. The third kappa shape index (κ3) is 2.79. The SMILES string of the molecule is CC(Oc1ccc(N)c(C#N)c1)C(F)(F)F. The molecule has 16 heavy (non-hydrogen) atoms. The Bertz CT molecular complexity index is 423. The zero-order chi connectivity index (χ0) is 12.3. The Kier molecular flexibility index (Phi) is 3.28. The lowest BCUT2D eigenvalue weighted by Crippen LogP contribution is -2.31. The van der Waals surface area contributed by atoms with Gasteiger partial charge in [-0.2, -0.15) is 18.4 Å². The molecule has 0 aliphatic rings. The first-order chi connectivity index (χ1) is 7.34. The van der Waals surface area contributed by atoms with Gasteiger partial charge in [0.05, 0.1) is 5.56 Å². The summed E-state index contributed by atoms with van der Waals surface area (Å²) < 4.78 is 41.2. The van der Waals surface area contributed by atoms with Crippen LogP contribution in [0.4, 0.5) is 18.9 Å². The Hall–Kier alpha value is -1.90. The van der Waals surface area contributed by atoms with Gasteiger partial charge in [-0.25, -0.2) is 0 Å². The van der Waals surface area contributed by atoms with Gasteiger partial charge in [0.2, 0.25) is 0 Å². The van der Waals surface area contributed by atoms with Crippen LogP contribution >= 0.6 is 0 Å². The van der Waals surface area contributed by atoms with Gasteiger partial charge in [-0.15, -0.1) is 0 Å². The van der Waals surface area contributed by atoms with Crippen LogP contribution in [0.5, 0.6) is 5.75 Å². The third-order valence-electron chi connectivity index (χ3n) is 1.92. The fraction of sp³-hybridized carbons (Fsp3) is 0.300. The van der Waals surface area contributed by atoms with Crippen molar-refractivity contribution in [3.63, 3.8) is 0 Å². The molecule has 0 amide bonds. The van der Waals surface area contributed by atoms with Gasteiger partial charge in [0.1, 0.15) is 11.8 Å². The molecular formula is C10H9F3N2O. The first-order valence-corrected chi connectivity index (χ1v) is 4.37. The monoisotopic (exact) mass is 230 g/mol. The predicted octanol–water partition coefficient (Wildman–Crippen LogP) is 2.47.